The van der Waals surface area contributed by atoms with Crippen molar-refractivity contribution in [3.63, 3.8) is 0 Å². The van der Waals surface area contributed by atoms with Gasteiger partial charge >= 0.3 is 0 Å². The number of amides is 1. The van der Waals surface area contributed by atoms with Crippen LogP contribution in [0.15, 0.2) is 0 Å². The number of carbonyl (C=O) groups is 1. The van der Waals surface area contributed by atoms with Gasteiger partial charge in [0.05, 0.1) is 5.54 Å². The number of carbonyl (C=O) groups excluding carboxylic acids is 1. The second-order valence-corrected chi connectivity index (χ2v) is 7.52. The van der Waals surface area contributed by atoms with E-state index < -0.39 is 0 Å². The van der Waals surface area contributed by atoms with Crippen LogP contribution in [0.25, 0.3) is 0 Å². The Morgan fingerprint density at radius 3 is 2.67 bits per heavy atom. The van der Waals surface area contributed by atoms with Crippen molar-refractivity contribution in [2.24, 2.45) is 5.73 Å². The summed E-state index contributed by atoms with van der Waals surface area (Å²) in [5.74, 6) is 1.06. The number of nitrogens with one attached hydrogen (secondary N) is 1. The summed E-state index contributed by atoms with van der Waals surface area (Å²) in [5, 5.41) is 3.34. The van der Waals surface area contributed by atoms with Crippen molar-refractivity contribution in [2.75, 3.05) is 37.6 Å². The van der Waals surface area contributed by atoms with E-state index in [9.17, 15) is 4.79 Å². The van der Waals surface area contributed by atoms with Gasteiger partial charge in [-0.15, -0.1) is 0 Å². The number of nitrogens with zero attached hydrogens (tertiary/aromatic N) is 4. The SMILES string of the molecule is Cc1nc(C(=O)N2CCNCC2(C)C)nc(N2CC[C@@H](N)C2)c1C. The number of hydrogen-bond donors (Lipinski definition) is 2. The molecular weight excluding hydrogens is 304 g/mol. The molecule has 0 aromatic carbocycles. The van der Waals surface area contributed by atoms with Gasteiger partial charge in [0, 0.05) is 50.0 Å². The fraction of sp³-hybridized carbons (Fsp3) is 0.706. The number of aromatic nitrogens is 2. The summed E-state index contributed by atoms with van der Waals surface area (Å²) in [6.07, 6.45) is 0.955. The molecule has 0 unspecified atom stereocenters. The third kappa shape index (κ3) is 3.10. The second kappa shape index (κ2) is 6.29. The van der Waals surface area contributed by atoms with Crippen molar-refractivity contribution in [3.8, 4) is 0 Å². The van der Waals surface area contributed by atoms with E-state index in [2.05, 4.69) is 34.0 Å². The lowest BCUT2D eigenvalue weighted by Crippen LogP contribution is -2.60. The molecule has 3 heterocycles. The first-order chi connectivity index (χ1) is 11.3. The molecule has 0 saturated carbocycles. The normalized spacial score (nSPS) is 23.6. The molecule has 2 fully saturated rings. The van der Waals surface area contributed by atoms with Crippen LogP contribution in [0.5, 0.6) is 0 Å². The molecule has 0 bridgehead atoms. The first kappa shape index (κ1) is 17.1. The molecule has 1 atom stereocenters. The van der Waals surface area contributed by atoms with Crippen LogP contribution in [0, 0.1) is 13.8 Å². The number of anilines is 1. The molecule has 2 aliphatic heterocycles. The maximum atomic E-state index is 13.0. The molecule has 1 aromatic heterocycles. The fourth-order valence-electron chi connectivity index (χ4n) is 3.48. The van der Waals surface area contributed by atoms with Crippen LogP contribution in [-0.2, 0) is 0 Å². The van der Waals surface area contributed by atoms with Crippen LogP contribution < -0.4 is 16.0 Å². The van der Waals surface area contributed by atoms with Gasteiger partial charge in [-0.1, -0.05) is 0 Å². The van der Waals surface area contributed by atoms with Crippen LogP contribution >= 0.6 is 0 Å². The molecular formula is C17H28N6O. The summed E-state index contributed by atoms with van der Waals surface area (Å²) in [5.41, 5.74) is 7.68. The molecule has 7 nitrogen and oxygen atoms in total. The van der Waals surface area contributed by atoms with Gasteiger partial charge < -0.3 is 20.9 Å². The first-order valence-corrected chi connectivity index (χ1v) is 8.68. The van der Waals surface area contributed by atoms with E-state index in [1.807, 2.05) is 18.7 Å². The van der Waals surface area contributed by atoms with Crippen molar-refractivity contribution in [1.82, 2.24) is 20.2 Å². The Bertz CT molecular complexity index is 644. The number of aryl methyl sites for hydroxylation is 1. The zero-order chi connectivity index (χ0) is 17.5. The molecule has 1 amide bonds. The van der Waals surface area contributed by atoms with E-state index >= 15 is 0 Å². The monoisotopic (exact) mass is 332 g/mol. The molecule has 2 saturated heterocycles. The summed E-state index contributed by atoms with van der Waals surface area (Å²) in [6, 6.07) is 0.172. The number of piperazine rings is 1. The second-order valence-electron chi connectivity index (χ2n) is 7.52. The van der Waals surface area contributed by atoms with E-state index in [1.165, 1.54) is 0 Å². The minimum Gasteiger partial charge on any atom is -0.355 e. The molecule has 132 valence electrons. The summed E-state index contributed by atoms with van der Waals surface area (Å²) in [4.78, 5) is 26.2. The zero-order valence-corrected chi connectivity index (χ0v) is 15.1. The molecule has 3 rings (SSSR count). The summed E-state index contributed by atoms with van der Waals surface area (Å²) in [7, 11) is 0. The van der Waals surface area contributed by atoms with E-state index in [0.29, 0.717) is 12.4 Å². The Morgan fingerprint density at radius 1 is 1.29 bits per heavy atom. The molecule has 0 radical (unpaired) electrons. The molecule has 1 aromatic rings. The highest BCUT2D eigenvalue weighted by molar-refractivity contribution is 5.91. The Balaban J connectivity index is 1.93. The topological polar surface area (TPSA) is 87.4 Å². The molecule has 3 N–H and O–H groups in total. The first-order valence-electron chi connectivity index (χ1n) is 8.68. The average molecular weight is 332 g/mol. The van der Waals surface area contributed by atoms with Gasteiger partial charge in [0.2, 0.25) is 5.82 Å². The van der Waals surface area contributed by atoms with Gasteiger partial charge in [0.1, 0.15) is 5.82 Å². The number of hydrogen-bond acceptors (Lipinski definition) is 6. The summed E-state index contributed by atoms with van der Waals surface area (Å²) < 4.78 is 0. The summed E-state index contributed by atoms with van der Waals surface area (Å²) in [6.45, 7) is 12.0. The summed E-state index contributed by atoms with van der Waals surface area (Å²) >= 11 is 0. The fourth-order valence-corrected chi connectivity index (χ4v) is 3.48. The van der Waals surface area contributed by atoms with Gasteiger partial charge in [-0.3, -0.25) is 4.79 Å². The number of nitrogens with two attached hydrogens (primary N) is 1. The van der Waals surface area contributed by atoms with Crippen molar-refractivity contribution in [3.05, 3.63) is 17.1 Å². The highest BCUT2D eigenvalue weighted by Gasteiger charge is 2.35. The maximum Gasteiger partial charge on any atom is 0.292 e. The Kier molecular flexibility index (Phi) is 4.48. The molecule has 2 aliphatic rings. The van der Waals surface area contributed by atoms with E-state index in [0.717, 1.165) is 49.7 Å². The lowest BCUT2D eigenvalue weighted by molar-refractivity contribution is 0.0464. The van der Waals surface area contributed by atoms with E-state index in [-0.39, 0.29) is 17.5 Å². The predicted molar refractivity (Wildman–Crippen MR) is 94.3 cm³/mol. The van der Waals surface area contributed by atoms with Gasteiger partial charge in [0.25, 0.3) is 5.91 Å². The Morgan fingerprint density at radius 2 is 2.04 bits per heavy atom. The van der Waals surface area contributed by atoms with Crippen molar-refractivity contribution in [1.29, 1.82) is 0 Å². The third-order valence-corrected chi connectivity index (χ3v) is 5.12. The Labute approximate surface area is 143 Å². The predicted octanol–water partition coefficient (Wildman–Crippen LogP) is 0.455. The highest BCUT2D eigenvalue weighted by Crippen LogP contribution is 2.25. The smallest absolute Gasteiger partial charge is 0.292 e. The van der Waals surface area contributed by atoms with Crippen LogP contribution in [0.1, 0.15) is 42.1 Å². The lowest BCUT2D eigenvalue weighted by atomic mass is 10.00. The Hall–Kier alpha value is -1.73. The van der Waals surface area contributed by atoms with Gasteiger partial charge in [-0.25, -0.2) is 9.97 Å². The third-order valence-electron chi connectivity index (χ3n) is 5.12. The van der Waals surface area contributed by atoms with Crippen LogP contribution in [0.3, 0.4) is 0 Å². The molecule has 24 heavy (non-hydrogen) atoms. The highest BCUT2D eigenvalue weighted by atomic mass is 16.2. The van der Waals surface area contributed by atoms with Crippen LogP contribution in [0.2, 0.25) is 0 Å². The minimum absolute atomic E-state index is 0.0886. The van der Waals surface area contributed by atoms with Gasteiger partial charge in [0.15, 0.2) is 0 Å². The number of rotatable bonds is 2. The van der Waals surface area contributed by atoms with Gasteiger partial charge in [-0.2, -0.15) is 0 Å². The average Bonchev–Trinajstić information content (AvgIpc) is 2.95. The lowest BCUT2D eigenvalue weighted by Gasteiger charge is -2.42. The zero-order valence-electron chi connectivity index (χ0n) is 15.1. The van der Waals surface area contributed by atoms with Crippen LogP contribution in [-0.4, -0.2) is 65.1 Å². The molecule has 7 heteroatoms. The standard InChI is InChI=1S/C17H28N6O/c1-11-12(2)20-14(21-15(11)22-7-5-13(18)9-22)16(24)23-8-6-19-10-17(23,3)4/h13,19H,5-10,18H2,1-4H3/t13-/m1/s1. The van der Waals surface area contributed by atoms with Crippen molar-refractivity contribution >= 4 is 11.7 Å². The largest absolute Gasteiger partial charge is 0.355 e. The van der Waals surface area contributed by atoms with Gasteiger partial charge in [-0.05, 0) is 34.1 Å². The minimum atomic E-state index is -0.242. The molecule has 0 aliphatic carbocycles. The van der Waals surface area contributed by atoms with Crippen molar-refractivity contribution < 1.29 is 4.79 Å². The maximum absolute atomic E-state index is 13.0. The van der Waals surface area contributed by atoms with Crippen LogP contribution in [0.4, 0.5) is 5.82 Å². The van der Waals surface area contributed by atoms with E-state index in [1.54, 1.807) is 0 Å². The molecule has 0 spiro atoms. The quantitative estimate of drug-likeness (QED) is 0.818. The van der Waals surface area contributed by atoms with Crippen molar-refractivity contribution in [2.45, 2.75) is 45.7 Å². The van der Waals surface area contributed by atoms with E-state index in [4.69, 9.17) is 5.73 Å².